The number of carbonyl (C=O) groups excluding carboxylic acids is 1. The molecule has 1 N–H and O–H groups in total. The van der Waals surface area contributed by atoms with Gasteiger partial charge in [-0.1, -0.05) is 13.8 Å². The lowest BCUT2D eigenvalue weighted by atomic mass is 10.2. The molecule has 1 amide bonds. The van der Waals surface area contributed by atoms with Crippen LogP contribution in [0.1, 0.15) is 30.9 Å². The molecule has 1 rings (SSSR count). The van der Waals surface area contributed by atoms with Crippen LogP contribution >= 0.6 is 0 Å². The van der Waals surface area contributed by atoms with Crippen LogP contribution < -0.4 is 0 Å². The van der Waals surface area contributed by atoms with Crippen molar-refractivity contribution in [1.29, 1.82) is 5.26 Å². The van der Waals surface area contributed by atoms with Gasteiger partial charge in [0.15, 0.2) is 0 Å². The van der Waals surface area contributed by atoms with E-state index in [2.05, 4.69) is 15.2 Å². The van der Waals surface area contributed by atoms with Crippen LogP contribution in [0.15, 0.2) is 6.33 Å². The van der Waals surface area contributed by atoms with Gasteiger partial charge < -0.3 is 4.90 Å². The van der Waals surface area contributed by atoms with E-state index in [-0.39, 0.29) is 11.7 Å². The number of amides is 1. The Balaban J connectivity index is 2.68. The summed E-state index contributed by atoms with van der Waals surface area (Å²) < 4.78 is 0. The Morgan fingerprint density at radius 3 is 2.94 bits per heavy atom. The van der Waals surface area contributed by atoms with Crippen molar-refractivity contribution in [1.82, 2.24) is 20.1 Å². The highest BCUT2D eigenvalue weighted by Crippen LogP contribution is 2.04. The van der Waals surface area contributed by atoms with Gasteiger partial charge in [-0.25, -0.2) is 4.98 Å². The molecule has 0 bridgehead atoms. The third kappa shape index (κ3) is 3.35. The van der Waals surface area contributed by atoms with Crippen molar-refractivity contribution in [3.63, 3.8) is 0 Å². The molecule has 1 aromatic heterocycles. The fraction of sp³-hybridized carbons (Fsp3) is 0.600. The molecule has 6 nitrogen and oxygen atoms in total. The maximum absolute atomic E-state index is 11.9. The van der Waals surface area contributed by atoms with Crippen LogP contribution in [0.5, 0.6) is 0 Å². The number of hydrogen-bond donors (Lipinski definition) is 1. The Morgan fingerprint density at radius 2 is 2.44 bits per heavy atom. The summed E-state index contributed by atoms with van der Waals surface area (Å²) in [5.41, 5.74) is 0. The molecule has 0 aliphatic heterocycles. The fourth-order valence-electron chi connectivity index (χ4n) is 1.36. The summed E-state index contributed by atoms with van der Waals surface area (Å²) >= 11 is 0. The maximum atomic E-state index is 11.9. The van der Waals surface area contributed by atoms with E-state index in [1.54, 1.807) is 4.90 Å². The lowest BCUT2D eigenvalue weighted by molar-refractivity contribution is 0.0728. The van der Waals surface area contributed by atoms with Crippen molar-refractivity contribution < 1.29 is 4.79 Å². The minimum absolute atomic E-state index is 0.207. The predicted molar refractivity (Wildman–Crippen MR) is 57.4 cm³/mol. The second kappa shape index (κ2) is 5.85. The van der Waals surface area contributed by atoms with E-state index < -0.39 is 0 Å². The van der Waals surface area contributed by atoms with Crippen molar-refractivity contribution in [2.24, 2.45) is 5.92 Å². The standard InChI is InChI=1S/C10H15N5O/c1-8(2)6-15(5-3-4-11)10(16)9-12-7-13-14-9/h7-8H,3,5-6H2,1-2H3,(H,12,13,14). The quantitative estimate of drug-likeness (QED) is 0.797. The van der Waals surface area contributed by atoms with Crippen molar-refractivity contribution >= 4 is 5.91 Å². The van der Waals surface area contributed by atoms with Crippen molar-refractivity contribution in [2.45, 2.75) is 20.3 Å². The lowest BCUT2D eigenvalue weighted by Gasteiger charge is -2.22. The van der Waals surface area contributed by atoms with E-state index in [0.29, 0.717) is 25.4 Å². The van der Waals surface area contributed by atoms with E-state index >= 15 is 0 Å². The zero-order chi connectivity index (χ0) is 12.0. The molecule has 0 saturated heterocycles. The van der Waals surface area contributed by atoms with Gasteiger partial charge in [0.2, 0.25) is 5.82 Å². The van der Waals surface area contributed by atoms with Gasteiger partial charge in [-0.2, -0.15) is 10.4 Å². The summed E-state index contributed by atoms with van der Waals surface area (Å²) in [5, 5.41) is 14.7. The van der Waals surface area contributed by atoms with Crippen LogP contribution in [0.4, 0.5) is 0 Å². The third-order valence-electron chi connectivity index (χ3n) is 1.98. The zero-order valence-corrected chi connectivity index (χ0v) is 9.47. The first-order valence-electron chi connectivity index (χ1n) is 5.16. The molecule has 1 aromatic rings. The first-order valence-corrected chi connectivity index (χ1v) is 5.16. The summed E-state index contributed by atoms with van der Waals surface area (Å²) in [6, 6.07) is 2.03. The molecule has 0 aromatic carbocycles. The first-order chi connectivity index (χ1) is 7.65. The van der Waals surface area contributed by atoms with Crippen LogP contribution in [0, 0.1) is 17.2 Å². The van der Waals surface area contributed by atoms with Gasteiger partial charge in [0.1, 0.15) is 6.33 Å². The molecule has 0 spiro atoms. The van der Waals surface area contributed by atoms with E-state index in [0.717, 1.165) is 0 Å². The van der Waals surface area contributed by atoms with Crippen LogP contribution in [0.25, 0.3) is 0 Å². The average Bonchev–Trinajstić information content (AvgIpc) is 2.76. The summed E-state index contributed by atoms with van der Waals surface area (Å²) in [7, 11) is 0. The normalized spacial score (nSPS) is 10.1. The van der Waals surface area contributed by atoms with Crippen molar-refractivity contribution in [2.75, 3.05) is 13.1 Å². The number of rotatable bonds is 5. The number of carbonyl (C=O) groups is 1. The van der Waals surface area contributed by atoms with Crippen molar-refractivity contribution in [3.8, 4) is 6.07 Å². The molecule has 0 atom stereocenters. The lowest BCUT2D eigenvalue weighted by Crippen LogP contribution is -2.35. The van der Waals surface area contributed by atoms with E-state index in [4.69, 9.17) is 5.26 Å². The minimum atomic E-state index is -0.207. The number of nitrogens with zero attached hydrogens (tertiary/aromatic N) is 4. The van der Waals surface area contributed by atoms with Crippen LogP contribution in [-0.4, -0.2) is 39.1 Å². The molecule has 0 aliphatic rings. The molecule has 0 unspecified atom stereocenters. The molecule has 0 radical (unpaired) electrons. The summed E-state index contributed by atoms with van der Waals surface area (Å²) in [6.07, 6.45) is 1.62. The summed E-state index contributed by atoms with van der Waals surface area (Å²) in [5.74, 6) is 0.366. The highest BCUT2D eigenvalue weighted by atomic mass is 16.2. The first kappa shape index (κ1) is 12.2. The Labute approximate surface area is 94.3 Å². The van der Waals surface area contributed by atoms with Gasteiger partial charge in [0.25, 0.3) is 5.91 Å². The molecule has 0 aliphatic carbocycles. The Bertz CT molecular complexity index is 365. The van der Waals surface area contributed by atoms with Gasteiger partial charge in [-0.3, -0.25) is 9.89 Å². The monoisotopic (exact) mass is 221 g/mol. The molecule has 86 valence electrons. The second-order valence-electron chi connectivity index (χ2n) is 3.89. The number of nitrogens with one attached hydrogen (secondary N) is 1. The highest BCUT2D eigenvalue weighted by Gasteiger charge is 2.18. The predicted octanol–water partition coefficient (Wildman–Crippen LogP) is 0.817. The number of hydrogen-bond acceptors (Lipinski definition) is 4. The number of aromatic nitrogens is 3. The maximum Gasteiger partial charge on any atom is 0.291 e. The second-order valence-corrected chi connectivity index (χ2v) is 3.89. The van der Waals surface area contributed by atoms with Gasteiger partial charge in [0.05, 0.1) is 12.5 Å². The molecule has 1 heterocycles. The Morgan fingerprint density at radius 1 is 1.69 bits per heavy atom. The van der Waals surface area contributed by atoms with Gasteiger partial charge in [-0.15, -0.1) is 0 Å². The SMILES string of the molecule is CC(C)CN(CCC#N)C(=O)c1ncn[nH]1. The molecule has 6 heteroatoms. The van der Waals surface area contributed by atoms with Crippen LogP contribution in [0.2, 0.25) is 0 Å². The van der Waals surface area contributed by atoms with Gasteiger partial charge in [0, 0.05) is 13.1 Å². The number of aromatic amines is 1. The molecular formula is C10H15N5O. The van der Waals surface area contributed by atoms with E-state index in [1.807, 2.05) is 19.9 Å². The van der Waals surface area contributed by atoms with Crippen LogP contribution in [-0.2, 0) is 0 Å². The molecular weight excluding hydrogens is 206 g/mol. The highest BCUT2D eigenvalue weighted by molar-refractivity contribution is 5.90. The molecule has 0 saturated carbocycles. The number of H-pyrrole nitrogens is 1. The molecule has 0 fully saturated rings. The van der Waals surface area contributed by atoms with Crippen molar-refractivity contribution in [3.05, 3.63) is 12.2 Å². The zero-order valence-electron chi connectivity index (χ0n) is 9.47. The number of nitriles is 1. The average molecular weight is 221 g/mol. The molecule has 16 heavy (non-hydrogen) atoms. The summed E-state index contributed by atoms with van der Waals surface area (Å²) in [4.78, 5) is 17.4. The largest absolute Gasteiger partial charge is 0.335 e. The van der Waals surface area contributed by atoms with Gasteiger partial charge >= 0.3 is 0 Å². The fourth-order valence-corrected chi connectivity index (χ4v) is 1.36. The Kier molecular flexibility index (Phi) is 4.45. The smallest absolute Gasteiger partial charge is 0.291 e. The van der Waals surface area contributed by atoms with E-state index in [9.17, 15) is 4.79 Å². The topological polar surface area (TPSA) is 85.7 Å². The summed E-state index contributed by atoms with van der Waals surface area (Å²) in [6.45, 7) is 5.08. The van der Waals surface area contributed by atoms with Gasteiger partial charge in [-0.05, 0) is 5.92 Å². The van der Waals surface area contributed by atoms with Crippen LogP contribution in [0.3, 0.4) is 0 Å². The van der Waals surface area contributed by atoms with E-state index in [1.165, 1.54) is 6.33 Å². The Hall–Kier alpha value is -1.90. The third-order valence-corrected chi connectivity index (χ3v) is 1.98. The minimum Gasteiger partial charge on any atom is -0.335 e.